The summed E-state index contributed by atoms with van der Waals surface area (Å²) in [7, 11) is -4.66. The number of rotatable bonds is 8. The minimum atomic E-state index is -6.32. The Labute approximate surface area is 132 Å². The molecule has 24 heavy (non-hydrogen) atoms. The van der Waals surface area contributed by atoms with Gasteiger partial charge in [0.15, 0.2) is 0 Å². The Balaban J connectivity index is 4.71. The minimum Gasteiger partial charge on any atom is -0.461 e. The van der Waals surface area contributed by atoms with Crippen molar-refractivity contribution in [3.8, 4) is 0 Å². The van der Waals surface area contributed by atoms with E-state index < -0.39 is 59.3 Å². The summed E-state index contributed by atoms with van der Waals surface area (Å²) < 4.78 is 116. The van der Waals surface area contributed by atoms with Gasteiger partial charge in [-0.05, 0) is 6.92 Å². The second-order valence-electron chi connectivity index (χ2n) is 4.68. The van der Waals surface area contributed by atoms with Crippen LogP contribution in [0.4, 0.5) is 30.7 Å². The van der Waals surface area contributed by atoms with Crippen LogP contribution < -0.4 is 4.72 Å². The van der Waals surface area contributed by atoms with Gasteiger partial charge >= 0.3 is 18.3 Å². The lowest BCUT2D eigenvalue weighted by Gasteiger charge is -2.29. The molecule has 0 aliphatic carbocycles. The van der Waals surface area contributed by atoms with Gasteiger partial charge in [0, 0.05) is 18.5 Å². The molecule has 13 heteroatoms. The first-order valence-corrected chi connectivity index (χ1v) is 7.81. The van der Waals surface area contributed by atoms with E-state index in [4.69, 9.17) is 0 Å². The SMILES string of the molecule is C=C(C)C(=O)OCCNS(=O)(=O)CCC(F)(C(F)(F)F)C(F)(F)F. The number of hydrogen-bond acceptors (Lipinski definition) is 4. The van der Waals surface area contributed by atoms with Crippen molar-refractivity contribution in [1.82, 2.24) is 4.72 Å². The first-order chi connectivity index (χ1) is 10.5. The second-order valence-corrected chi connectivity index (χ2v) is 6.60. The Morgan fingerprint density at radius 1 is 1.08 bits per heavy atom. The number of carbonyl (C=O) groups excluding carboxylic acids is 1. The van der Waals surface area contributed by atoms with Crippen molar-refractivity contribution >= 4 is 16.0 Å². The Morgan fingerprint density at radius 2 is 1.54 bits per heavy atom. The van der Waals surface area contributed by atoms with Crippen LogP contribution in [-0.4, -0.2) is 51.3 Å². The maximum Gasteiger partial charge on any atom is 0.431 e. The Kier molecular flexibility index (Phi) is 7.24. The first-order valence-electron chi connectivity index (χ1n) is 6.16. The zero-order chi connectivity index (χ0) is 19.4. The predicted molar refractivity (Wildman–Crippen MR) is 68.1 cm³/mol. The largest absolute Gasteiger partial charge is 0.461 e. The van der Waals surface area contributed by atoms with Gasteiger partial charge in [-0.25, -0.2) is 22.3 Å². The molecule has 0 saturated heterocycles. The van der Waals surface area contributed by atoms with Crippen LogP contribution in [0.3, 0.4) is 0 Å². The van der Waals surface area contributed by atoms with Crippen LogP contribution in [0.2, 0.25) is 0 Å². The third kappa shape index (κ3) is 6.26. The number of ether oxygens (including phenoxy) is 1. The number of nitrogens with one attached hydrogen (secondary N) is 1. The molecule has 0 rings (SSSR count). The minimum absolute atomic E-state index is 0.00424. The summed E-state index contributed by atoms with van der Waals surface area (Å²) in [6.45, 7) is 3.36. The van der Waals surface area contributed by atoms with Gasteiger partial charge in [0.1, 0.15) is 6.61 Å². The maximum absolute atomic E-state index is 13.3. The molecule has 0 radical (unpaired) electrons. The van der Waals surface area contributed by atoms with Crippen LogP contribution in [0, 0.1) is 0 Å². The highest BCUT2D eigenvalue weighted by Gasteiger charge is 2.72. The molecule has 0 unspecified atom stereocenters. The van der Waals surface area contributed by atoms with Gasteiger partial charge < -0.3 is 4.74 Å². The first kappa shape index (κ1) is 22.6. The number of hydrogen-bond donors (Lipinski definition) is 1. The number of esters is 1. The van der Waals surface area contributed by atoms with E-state index in [1.165, 1.54) is 6.92 Å². The topological polar surface area (TPSA) is 72.5 Å². The maximum atomic E-state index is 13.3. The molecule has 0 bridgehead atoms. The third-order valence-electron chi connectivity index (χ3n) is 2.62. The highest BCUT2D eigenvalue weighted by molar-refractivity contribution is 7.89. The van der Waals surface area contributed by atoms with Gasteiger partial charge in [0.05, 0.1) is 5.75 Å². The molecule has 0 aliphatic rings. The van der Waals surface area contributed by atoms with E-state index in [0.29, 0.717) is 0 Å². The summed E-state index contributed by atoms with van der Waals surface area (Å²) in [5.74, 6) is -2.64. The second kappa shape index (κ2) is 7.68. The highest BCUT2D eigenvalue weighted by atomic mass is 32.2. The number of sulfonamides is 1. The van der Waals surface area contributed by atoms with Crippen molar-refractivity contribution in [2.24, 2.45) is 0 Å². The lowest BCUT2D eigenvalue weighted by molar-refractivity contribution is -0.341. The van der Waals surface area contributed by atoms with Crippen molar-refractivity contribution in [3.63, 3.8) is 0 Å². The zero-order valence-corrected chi connectivity index (χ0v) is 13.0. The molecule has 0 fully saturated rings. The Hall–Kier alpha value is -1.37. The monoisotopic (exact) mass is 389 g/mol. The molecule has 0 atom stereocenters. The smallest absolute Gasteiger partial charge is 0.431 e. The van der Waals surface area contributed by atoms with Crippen molar-refractivity contribution in [2.75, 3.05) is 18.9 Å². The molecular weight excluding hydrogens is 375 g/mol. The van der Waals surface area contributed by atoms with Crippen molar-refractivity contribution < 1.29 is 48.7 Å². The molecule has 0 spiro atoms. The molecule has 1 N–H and O–H groups in total. The highest BCUT2D eigenvalue weighted by Crippen LogP contribution is 2.48. The molecule has 0 aromatic carbocycles. The van der Waals surface area contributed by atoms with Crippen molar-refractivity contribution in [1.29, 1.82) is 0 Å². The quantitative estimate of drug-likeness (QED) is 0.299. The van der Waals surface area contributed by atoms with Gasteiger partial charge in [0.25, 0.3) is 5.67 Å². The van der Waals surface area contributed by atoms with Gasteiger partial charge in [0.2, 0.25) is 10.0 Å². The van der Waals surface area contributed by atoms with Crippen LogP contribution >= 0.6 is 0 Å². The third-order valence-corrected chi connectivity index (χ3v) is 4.01. The fraction of sp³-hybridized carbons (Fsp3) is 0.727. The fourth-order valence-corrected chi connectivity index (χ4v) is 2.34. The standard InChI is InChI=1S/C11H14F7NO4S/c1-7(2)8(20)23-5-4-19-24(21,22)6-3-9(12,10(13,14)15)11(16,17)18/h19H,1,3-6H2,2H3. The molecule has 142 valence electrons. The molecule has 0 amide bonds. The zero-order valence-electron chi connectivity index (χ0n) is 12.2. The van der Waals surface area contributed by atoms with Crippen molar-refractivity contribution in [3.05, 3.63) is 12.2 Å². The summed E-state index contributed by atoms with van der Waals surface area (Å²) in [6, 6.07) is 0. The van der Waals surface area contributed by atoms with Gasteiger partial charge in [-0.2, -0.15) is 26.3 Å². The fourth-order valence-electron chi connectivity index (χ4n) is 1.26. The number of carbonyl (C=O) groups is 1. The summed E-state index contributed by atoms with van der Waals surface area (Å²) in [5.41, 5.74) is -5.66. The van der Waals surface area contributed by atoms with E-state index in [9.17, 15) is 43.9 Å². The van der Waals surface area contributed by atoms with Gasteiger partial charge in [-0.3, -0.25) is 0 Å². The molecule has 0 aliphatic heterocycles. The summed E-state index contributed by atoms with van der Waals surface area (Å²) in [5, 5.41) is 0. The Morgan fingerprint density at radius 3 is 1.92 bits per heavy atom. The average Bonchev–Trinajstić information content (AvgIpc) is 2.38. The lowest BCUT2D eigenvalue weighted by atomic mass is 10.0. The van der Waals surface area contributed by atoms with E-state index in [-0.39, 0.29) is 5.57 Å². The van der Waals surface area contributed by atoms with Crippen LogP contribution in [-0.2, 0) is 19.6 Å². The number of halogens is 7. The average molecular weight is 389 g/mol. The molecule has 5 nitrogen and oxygen atoms in total. The van der Waals surface area contributed by atoms with Crippen LogP contribution in [0.5, 0.6) is 0 Å². The summed E-state index contributed by atoms with van der Waals surface area (Å²) in [6.07, 6.45) is -15.0. The molecule has 0 aromatic rings. The van der Waals surface area contributed by atoms with Crippen LogP contribution in [0.1, 0.15) is 13.3 Å². The van der Waals surface area contributed by atoms with Crippen LogP contribution in [0.15, 0.2) is 12.2 Å². The summed E-state index contributed by atoms with van der Waals surface area (Å²) >= 11 is 0. The molecule has 0 saturated carbocycles. The lowest BCUT2D eigenvalue weighted by Crippen LogP contribution is -2.54. The predicted octanol–water partition coefficient (Wildman–Crippen LogP) is 2.25. The van der Waals surface area contributed by atoms with Gasteiger partial charge in [-0.15, -0.1) is 0 Å². The van der Waals surface area contributed by atoms with E-state index in [1.54, 1.807) is 4.72 Å². The number of alkyl halides is 7. The van der Waals surface area contributed by atoms with Gasteiger partial charge in [-0.1, -0.05) is 6.58 Å². The van der Waals surface area contributed by atoms with E-state index in [2.05, 4.69) is 11.3 Å². The van der Waals surface area contributed by atoms with Crippen molar-refractivity contribution in [2.45, 2.75) is 31.4 Å². The normalized spacial score (nSPS) is 13.7. The van der Waals surface area contributed by atoms with Crippen LogP contribution in [0.25, 0.3) is 0 Å². The molecular formula is C11H14F7NO4S. The molecule has 0 aromatic heterocycles. The van der Waals surface area contributed by atoms with E-state index in [1.807, 2.05) is 0 Å². The van der Waals surface area contributed by atoms with E-state index in [0.717, 1.165) is 0 Å². The van der Waals surface area contributed by atoms with E-state index >= 15 is 0 Å². The molecule has 0 heterocycles. The summed E-state index contributed by atoms with van der Waals surface area (Å²) in [4.78, 5) is 10.9. The Bertz CT molecular complexity index is 554.